The number of carbonyl (C=O) groups is 3. The van der Waals surface area contributed by atoms with Crippen molar-refractivity contribution in [1.29, 1.82) is 0 Å². The number of amides is 2. The van der Waals surface area contributed by atoms with Crippen molar-refractivity contribution in [1.82, 2.24) is 10.2 Å². The molecular formula is C19H23F2N3O4. The Morgan fingerprint density at radius 3 is 2.79 bits per heavy atom. The lowest BCUT2D eigenvalue weighted by molar-refractivity contribution is -0.137. The van der Waals surface area contributed by atoms with Crippen LogP contribution in [0.3, 0.4) is 0 Å². The maximum Gasteiger partial charge on any atom is 0.303 e. The number of hydrogen-bond donors (Lipinski definition) is 3. The Labute approximate surface area is 160 Å². The lowest BCUT2D eigenvalue weighted by atomic mass is 9.85. The highest BCUT2D eigenvalue weighted by Gasteiger charge is 2.40. The molecule has 4 N–H and O–H groups in total. The lowest BCUT2D eigenvalue weighted by Gasteiger charge is -2.28. The zero-order valence-electron chi connectivity index (χ0n) is 15.5. The molecule has 1 saturated heterocycles. The molecule has 152 valence electrons. The van der Waals surface area contributed by atoms with Crippen LogP contribution in [0.2, 0.25) is 0 Å². The number of carboxylic acid groups (broad SMARTS) is 1. The summed E-state index contributed by atoms with van der Waals surface area (Å²) in [6.45, 7) is 2.17. The van der Waals surface area contributed by atoms with Gasteiger partial charge in [-0.1, -0.05) is 6.07 Å². The number of rotatable bonds is 6. The minimum atomic E-state index is -1.23. The van der Waals surface area contributed by atoms with Crippen molar-refractivity contribution >= 4 is 17.8 Å². The average Bonchev–Trinajstić information content (AvgIpc) is 2.97. The summed E-state index contributed by atoms with van der Waals surface area (Å²) in [5.41, 5.74) is 6.37. The van der Waals surface area contributed by atoms with Gasteiger partial charge in [0.1, 0.15) is 18.0 Å². The Balaban J connectivity index is 1.96. The summed E-state index contributed by atoms with van der Waals surface area (Å²) in [5, 5.41) is 11.8. The standard InChI is InChI=1S/C19H23F2N3O4/c1-9-6-11(10-4-5-23-7-13(10)20)17(21)12-8-24(19(28)16(9)12)14(18(22)27)2-3-15(25)26/h6,10,13-14,23H,2-5,7-8H2,1H3,(H2,22,27)(H,25,26)/t10-,13-,14?/m0/s1. The number of alkyl halides is 1. The lowest BCUT2D eigenvalue weighted by Crippen LogP contribution is -2.45. The van der Waals surface area contributed by atoms with Gasteiger partial charge in [-0.2, -0.15) is 0 Å². The van der Waals surface area contributed by atoms with E-state index in [1.165, 1.54) is 6.07 Å². The van der Waals surface area contributed by atoms with E-state index in [1.807, 2.05) is 0 Å². The number of aliphatic carboxylic acids is 1. The van der Waals surface area contributed by atoms with Gasteiger partial charge in [-0.25, -0.2) is 8.78 Å². The highest BCUT2D eigenvalue weighted by molar-refractivity contribution is 6.02. The van der Waals surface area contributed by atoms with E-state index < -0.39 is 41.7 Å². The van der Waals surface area contributed by atoms with Crippen LogP contribution in [-0.2, 0) is 16.1 Å². The van der Waals surface area contributed by atoms with E-state index in [4.69, 9.17) is 10.8 Å². The first-order chi connectivity index (χ1) is 13.2. The Bertz CT molecular complexity index is 830. The molecule has 0 bridgehead atoms. The first-order valence-corrected chi connectivity index (χ1v) is 9.21. The predicted octanol–water partition coefficient (Wildman–Crippen LogP) is 1.22. The number of carboxylic acids is 1. The number of fused-ring (bicyclic) bond motifs is 1. The van der Waals surface area contributed by atoms with E-state index in [0.717, 1.165) is 4.90 Å². The maximum atomic E-state index is 15.3. The fourth-order valence-electron chi connectivity index (χ4n) is 4.13. The molecule has 28 heavy (non-hydrogen) atoms. The van der Waals surface area contributed by atoms with Crippen LogP contribution in [0, 0.1) is 12.7 Å². The van der Waals surface area contributed by atoms with Crippen LogP contribution >= 0.6 is 0 Å². The molecule has 0 aliphatic carbocycles. The number of piperidine rings is 1. The van der Waals surface area contributed by atoms with Crippen LogP contribution in [-0.4, -0.2) is 53.1 Å². The topological polar surface area (TPSA) is 113 Å². The highest BCUT2D eigenvalue weighted by atomic mass is 19.1. The second-order valence-corrected chi connectivity index (χ2v) is 7.35. The minimum Gasteiger partial charge on any atom is -0.481 e. The Kier molecular flexibility index (Phi) is 5.64. The molecular weight excluding hydrogens is 372 g/mol. The zero-order chi connectivity index (χ0) is 20.6. The molecule has 0 spiro atoms. The molecule has 2 aliphatic rings. The number of halogens is 2. The molecule has 3 atom stereocenters. The fraction of sp³-hybridized carbons (Fsp3) is 0.526. The molecule has 7 nitrogen and oxygen atoms in total. The normalized spacial score (nSPS) is 22.8. The number of nitrogens with two attached hydrogens (primary N) is 1. The maximum absolute atomic E-state index is 15.3. The molecule has 2 aliphatic heterocycles. The molecule has 0 aromatic heterocycles. The molecule has 2 amide bonds. The van der Waals surface area contributed by atoms with E-state index in [1.54, 1.807) is 6.92 Å². The third-order valence-electron chi connectivity index (χ3n) is 5.53. The van der Waals surface area contributed by atoms with Crippen LogP contribution in [0.4, 0.5) is 8.78 Å². The summed E-state index contributed by atoms with van der Waals surface area (Å²) in [7, 11) is 0. The summed E-state index contributed by atoms with van der Waals surface area (Å²) >= 11 is 0. The van der Waals surface area contributed by atoms with Gasteiger partial charge in [0.05, 0.1) is 12.1 Å². The molecule has 3 rings (SSSR count). The van der Waals surface area contributed by atoms with Gasteiger partial charge in [0, 0.05) is 24.4 Å². The van der Waals surface area contributed by atoms with Crippen LogP contribution < -0.4 is 11.1 Å². The van der Waals surface area contributed by atoms with Crippen molar-refractivity contribution in [3.8, 4) is 0 Å². The van der Waals surface area contributed by atoms with Gasteiger partial charge in [-0.15, -0.1) is 0 Å². The molecule has 1 unspecified atom stereocenters. The summed E-state index contributed by atoms with van der Waals surface area (Å²) in [5.74, 6) is -3.77. The summed E-state index contributed by atoms with van der Waals surface area (Å²) in [4.78, 5) is 36.6. The average molecular weight is 395 g/mol. The van der Waals surface area contributed by atoms with Gasteiger partial charge in [0.2, 0.25) is 5.91 Å². The molecule has 1 fully saturated rings. The van der Waals surface area contributed by atoms with E-state index in [2.05, 4.69) is 5.32 Å². The number of nitrogens with one attached hydrogen (secondary N) is 1. The van der Waals surface area contributed by atoms with E-state index in [0.29, 0.717) is 18.5 Å². The number of primary amides is 1. The van der Waals surface area contributed by atoms with E-state index >= 15 is 4.39 Å². The smallest absolute Gasteiger partial charge is 0.303 e. The van der Waals surface area contributed by atoms with Gasteiger partial charge in [-0.3, -0.25) is 14.4 Å². The van der Waals surface area contributed by atoms with E-state index in [-0.39, 0.29) is 42.6 Å². The monoisotopic (exact) mass is 395 g/mol. The van der Waals surface area contributed by atoms with Gasteiger partial charge in [0.25, 0.3) is 5.91 Å². The summed E-state index contributed by atoms with van der Waals surface area (Å²) in [6.07, 6.45) is -1.29. The summed E-state index contributed by atoms with van der Waals surface area (Å²) in [6, 6.07) is 0.361. The van der Waals surface area contributed by atoms with Gasteiger partial charge >= 0.3 is 5.97 Å². The quantitative estimate of drug-likeness (QED) is 0.671. The number of nitrogens with zero attached hydrogens (tertiary/aromatic N) is 1. The van der Waals surface area contributed by atoms with Crippen molar-refractivity contribution in [2.24, 2.45) is 5.73 Å². The van der Waals surface area contributed by atoms with Crippen LogP contribution in [0.15, 0.2) is 6.07 Å². The van der Waals surface area contributed by atoms with Crippen LogP contribution in [0.25, 0.3) is 0 Å². The van der Waals surface area contributed by atoms with E-state index in [9.17, 15) is 18.8 Å². The Hall–Kier alpha value is -2.55. The van der Waals surface area contributed by atoms with Gasteiger partial charge < -0.3 is 21.1 Å². The third kappa shape index (κ3) is 3.58. The van der Waals surface area contributed by atoms with Crippen molar-refractivity contribution < 1.29 is 28.3 Å². The SMILES string of the molecule is Cc1cc([C@@H]2CCNC[C@@H]2F)c(F)c2c1C(=O)N(C(CCC(=O)O)C(N)=O)C2. The molecule has 1 aromatic carbocycles. The molecule has 0 saturated carbocycles. The van der Waals surface area contributed by atoms with Crippen molar-refractivity contribution in [3.63, 3.8) is 0 Å². The first kappa shape index (κ1) is 20.2. The molecule has 9 heteroatoms. The fourth-order valence-corrected chi connectivity index (χ4v) is 4.13. The second kappa shape index (κ2) is 7.83. The van der Waals surface area contributed by atoms with Crippen LogP contribution in [0.1, 0.15) is 52.2 Å². The highest BCUT2D eigenvalue weighted by Crippen LogP contribution is 2.37. The number of benzene rings is 1. The van der Waals surface area contributed by atoms with Crippen LogP contribution in [0.5, 0.6) is 0 Å². The van der Waals surface area contributed by atoms with Crippen molar-refractivity contribution in [3.05, 3.63) is 34.1 Å². The predicted molar refractivity (Wildman–Crippen MR) is 96.0 cm³/mol. The number of hydrogen-bond acceptors (Lipinski definition) is 4. The first-order valence-electron chi connectivity index (χ1n) is 9.21. The molecule has 2 heterocycles. The molecule has 1 aromatic rings. The largest absolute Gasteiger partial charge is 0.481 e. The number of carbonyl (C=O) groups excluding carboxylic acids is 2. The van der Waals surface area contributed by atoms with Crippen molar-refractivity contribution in [2.45, 2.75) is 50.9 Å². The zero-order valence-corrected chi connectivity index (χ0v) is 15.5. The Morgan fingerprint density at radius 2 is 2.18 bits per heavy atom. The second-order valence-electron chi connectivity index (χ2n) is 7.35. The molecule has 0 radical (unpaired) electrons. The minimum absolute atomic E-state index is 0.118. The van der Waals surface area contributed by atoms with Gasteiger partial charge in [-0.05, 0) is 37.4 Å². The van der Waals surface area contributed by atoms with Gasteiger partial charge in [0.15, 0.2) is 0 Å². The Morgan fingerprint density at radius 1 is 1.46 bits per heavy atom. The number of aryl methyl sites for hydroxylation is 1. The third-order valence-corrected chi connectivity index (χ3v) is 5.53. The van der Waals surface area contributed by atoms with Crippen molar-refractivity contribution in [2.75, 3.05) is 13.1 Å². The summed E-state index contributed by atoms with van der Waals surface area (Å²) < 4.78 is 29.6.